The number of hydrogen-bond acceptors (Lipinski definition) is 10. The predicted molar refractivity (Wildman–Crippen MR) is 188 cm³/mol. The van der Waals surface area contributed by atoms with Crippen LogP contribution in [0.4, 0.5) is 17.1 Å². The topological polar surface area (TPSA) is 74.3 Å². The van der Waals surface area contributed by atoms with Gasteiger partial charge < -0.3 is 23.8 Å². The first-order valence-electron chi connectivity index (χ1n) is 15.7. The van der Waals surface area contributed by atoms with Crippen LogP contribution in [0.2, 0.25) is 0 Å². The van der Waals surface area contributed by atoms with Crippen molar-refractivity contribution in [2.45, 2.75) is 36.0 Å². The van der Waals surface area contributed by atoms with Crippen LogP contribution in [0.5, 0.6) is 5.75 Å². The van der Waals surface area contributed by atoms with Gasteiger partial charge in [0.25, 0.3) is 5.12 Å². The lowest BCUT2D eigenvalue weighted by Crippen LogP contribution is -2.15. The summed E-state index contributed by atoms with van der Waals surface area (Å²) in [5.74, 6) is 2.73. The van der Waals surface area contributed by atoms with Crippen LogP contribution in [-0.4, -0.2) is 37.2 Å². The van der Waals surface area contributed by atoms with E-state index in [1.54, 1.807) is 18.9 Å². The fraction of sp³-hybridized carbons (Fsp3) is 0.243. The molecule has 0 bridgehead atoms. The van der Waals surface area contributed by atoms with Crippen LogP contribution in [0.3, 0.4) is 0 Å². The quantitative estimate of drug-likeness (QED) is 0.180. The third-order valence-corrected chi connectivity index (χ3v) is 11.2. The summed E-state index contributed by atoms with van der Waals surface area (Å²) in [5.41, 5.74) is 5.95. The molecular formula is C37H31NO6S3. The smallest absolute Gasteiger partial charge is 0.262 e. The van der Waals surface area contributed by atoms with Gasteiger partial charge in [0.05, 0.1) is 40.5 Å². The SMILES string of the molecule is CCCOC1=C(C2CC2)C(=O)S/C1=C\c1ccc2c(c1)Sc1cc(/C=C3\SC(=O)C4=C3OCCO4)ccc1N2c1ccc(OC)cc1. The molecule has 0 radical (unpaired) electrons. The minimum Gasteiger partial charge on any atom is -0.497 e. The molecule has 4 aliphatic heterocycles. The third-order valence-electron chi connectivity index (χ3n) is 8.32. The minimum absolute atomic E-state index is 0.119. The maximum atomic E-state index is 13.0. The largest absolute Gasteiger partial charge is 0.497 e. The second-order valence-electron chi connectivity index (χ2n) is 11.6. The summed E-state index contributed by atoms with van der Waals surface area (Å²) < 4.78 is 23.0. The number of thioether (sulfide) groups is 2. The minimum atomic E-state index is -0.121. The molecule has 10 heteroatoms. The summed E-state index contributed by atoms with van der Waals surface area (Å²) in [6.45, 7) is 3.48. The van der Waals surface area contributed by atoms with E-state index in [2.05, 4.69) is 66.4 Å². The highest BCUT2D eigenvalue weighted by molar-refractivity contribution is 8.18. The summed E-state index contributed by atoms with van der Waals surface area (Å²) in [7, 11) is 1.67. The van der Waals surface area contributed by atoms with Crippen molar-refractivity contribution in [2.75, 3.05) is 31.8 Å². The van der Waals surface area contributed by atoms with Gasteiger partial charge in [-0.1, -0.05) is 30.8 Å². The monoisotopic (exact) mass is 681 g/mol. The zero-order chi connectivity index (χ0) is 32.1. The van der Waals surface area contributed by atoms with Gasteiger partial charge in [0.1, 0.15) is 24.7 Å². The Hall–Kier alpha value is -3.99. The van der Waals surface area contributed by atoms with Crippen molar-refractivity contribution in [3.63, 3.8) is 0 Å². The predicted octanol–water partition coefficient (Wildman–Crippen LogP) is 9.21. The number of carbonyl (C=O) groups excluding carboxylic acids is 2. The van der Waals surface area contributed by atoms with Crippen LogP contribution in [0.1, 0.15) is 37.3 Å². The molecule has 0 spiro atoms. The molecule has 1 saturated carbocycles. The molecule has 0 amide bonds. The fourth-order valence-corrected chi connectivity index (χ4v) is 9.04. The number of benzene rings is 3. The molecule has 3 aromatic carbocycles. The van der Waals surface area contributed by atoms with Crippen molar-refractivity contribution in [2.24, 2.45) is 5.92 Å². The molecule has 3 aromatic rings. The Morgan fingerprint density at radius 2 is 1.45 bits per heavy atom. The van der Waals surface area contributed by atoms with E-state index in [0.29, 0.717) is 37.3 Å². The number of methoxy groups -OCH3 is 1. The van der Waals surface area contributed by atoms with E-state index in [1.807, 2.05) is 18.2 Å². The summed E-state index contributed by atoms with van der Waals surface area (Å²) in [4.78, 5) is 31.6. The first kappa shape index (κ1) is 30.4. The van der Waals surface area contributed by atoms with Crippen molar-refractivity contribution < 1.29 is 28.5 Å². The van der Waals surface area contributed by atoms with E-state index in [9.17, 15) is 9.59 Å². The van der Waals surface area contributed by atoms with Crippen molar-refractivity contribution >= 4 is 74.7 Å². The van der Waals surface area contributed by atoms with Crippen LogP contribution in [-0.2, 0) is 23.8 Å². The van der Waals surface area contributed by atoms with Crippen LogP contribution < -0.4 is 9.64 Å². The lowest BCUT2D eigenvalue weighted by atomic mass is 10.1. The van der Waals surface area contributed by atoms with Crippen molar-refractivity contribution in [1.29, 1.82) is 0 Å². The zero-order valence-electron chi connectivity index (χ0n) is 25.9. The normalized spacial score (nSPS) is 20.3. The first-order valence-corrected chi connectivity index (χ1v) is 18.1. The zero-order valence-corrected chi connectivity index (χ0v) is 28.3. The molecule has 0 unspecified atom stereocenters. The molecule has 7 nitrogen and oxygen atoms in total. The maximum Gasteiger partial charge on any atom is 0.262 e. The highest BCUT2D eigenvalue weighted by atomic mass is 32.2. The maximum absolute atomic E-state index is 13.0. The Kier molecular flexibility index (Phi) is 8.11. The summed E-state index contributed by atoms with van der Waals surface area (Å²) in [5, 5.41) is -0.00217. The van der Waals surface area contributed by atoms with Gasteiger partial charge in [0.15, 0.2) is 5.76 Å². The fourth-order valence-electron chi connectivity index (χ4n) is 5.97. The molecule has 1 fully saturated rings. The molecule has 0 saturated heterocycles. The summed E-state index contributed by atoms with van der Waals surface area (Å²) in [6.07, 6.45) is 7.07. The molecule has 4 heterocycles. The Balaban J connectivity index is 1.18. The van der Waals surface area contributed by atoms with E-state index in [-0.39, 0.29) is 10.2 Å². The van der Waals surface area contributed by atoms with Gasteiger partial charge in [0, 0.05) is 15.5 Å². The molecule has 0 N–H and O–H groups in total. The van der Waals surface area contributed by atoms with Gasteiger partial charge in [-0.2, -0.15) is 0 Å². The Labute approximate surface area is 286 Å². The molecule has 5 aliphatic rings. The Morgan fingerprint density at radius 3 is 2.09 bits per heavy atom. The number of ether oxygens (including phenoxy) is 4. The Morgan fingerprint density at radius 1 is 0.809 bits per heavy atom. The van der Waals surface area contributed by atoms with E-state index in [1.165, 1.54) is 11.8 Å². The molecular weight excluding hydrogens is 651 g/mol. The van der Waals surface area contributed by atoms with Crippen molar-refractivity contribution in [3.8, 4) is 5.75 Å². The summed E-state index contributed by atoms with van der Waals surface area (Å²) >= 11 is 4.13. The number of rotatable bonds is 8. The van der Waals surface area contributed by atoms with Crippen LogP contribution >= 0.6 is 35.3 Å². The average molecular weight is 682 g/mol. The number of anilines is 3. The standard InChI is InChI=1S/C37H31NO6S3/c1-3-14-42-33-30(46-36(39)32(33)23-6-7-23)19-21-4-12-26-28(17-21)45-29-18-22(20-31-34-35(37(40)47-31)44-16-15-43-34)5-13-27(29)38(26)24-8-10-25(41-2)11-9-24/h4-5,8-13,17-20,23H,3,6-7,14-16H2,1-2H3/b30-19-,31-20-. The first-order chi connectivity index (χ1) is 23.0. The lowest BCUT2D eigenvalue weighted by molar-refractivity contribution is -0.112. The van der Waals surface area contributed by atoms with Crippen molar-refractivity contribution in [1.82, 2.24) is 0 Å². The summed E-state index contributed by atoms with van der Waals surface area (Å²) in [6, 6.07) is 20.8. The van der Waals surface area contributed by atoms with Crippen LogP contribution in [0, 0.1) is 5.92 Å². The van der Waals surface area contributed by atoms with Gasteiger partial charge in [0.2, 0.25) is 10.9 Å². The molecule has 1 aliphatic carbocycles. The van der Waals surface area contributed by atoms with Gasteiger partial charge in [-0.25, -0.2) is 0 Å². The highest BCUT2D eigenvalue weighted by Crippen LogP contribution is 2.54. The van der Waals surface area contributed by atoms with Gasteiger partial charge in [-0.3, -0.25) is 9.59 Å². The number of hydrogen-bond donors (Lipinski definition) is 0. The Bertz CT molecular complexity index is 1940. The van der Waals surface area contributed by atoms with E-state index in [0.717, 1.165) is 95.9 Å². The van der Waals surface area contributed by atoms with Crippen LogP contribution in [0.25, 0.3) is 12.2 Å². The van der Waals surface area contributed by atoms with E-state index in [4.69, 9.17) is 18.9 Å². The second kappa shape index (κ2) is 12.6. The molecule has 47 heavy (non-hydrogen) atoms. The van der Waals surface area contributed by atoms with E-state index >= 15 is 0 Å². The van der Waals surface area contributed by atoms with Gasteiger partial charge >= 0.3 is 0 Å². The van der Waals surface area contributed by atoms with Gasteiger partial charge in [-0.05, 0) is 121 Å². The number of nitrogens with zero attached hydrogens (tertiary/aromatic N) is 1. The molecule has 0 aromatic heterocycles. The van der Waals surface area contributed by atoms with Crippen molar-refractivity contribution in [3.05, 3.63) is 104 Å². The average Bonchev–Trinajstić information content (AvgIpc) is 3.81. The lowest BCUT2D eigenvalue weighted by Gasteiger charge is -2.33. The number of fused-ring (bicyclic) bond motifs is 2. The van der Waals surface area contributed by atoms with E-state index < -0.39 is 0 Å². The molecule has 0 atom stereocenters. The molecule has 238 valence electrons. The highest BCUT2D eigenvalue weighted by Gasteiger charge is 2.40. The second-order valence-corrected chi connectivity index (χ2v) is 14.7. The van der Waals surface area contributed by atoms with Crippen LogP contribution in [0.15, 0.2) is 103 Å². The molecule has 8 rings (SSSR count). The third kappa shape index (κ3) is 5.76. The number of carbonyl (C=O) groups is 2. The van der Waals surface area contributed by atoms with Gasteiger partial charge in [-0.15, -0.1) is 0 Å².